The van der Waals surface area contributed by atoms with Gasteiger partial charge in [-0.05, 0) is 35.9 Å². The van der Waals surface area contributed by atoms with Crippen molar-refractivity contribution in [3.05, 3.63) is 107 Å². The number of carbonyl (C=O) groups is 1. The van der Waals surface area contributed by atoms with Gasteiger partial charge in [0.05, 0.1) is 6.54 Å². The van der Waals surface area contributed by atoms with Gasteiger partial charge in [0, 0.05) is 22.7 Å². The molecule has 1 heterocycles. The Labute approximate surface area is 168 Å². The lowest BCUT2D eigenvalue weighted by Gasteiger charge is -2.23. The number of ether oxygens (including phenoxy) is 1. The van der Waals surface area contributed by atoms with E-state index in [2.05, 4.69) is 4.98 Å². The van der Waals surface area contributed by atoms with E-state index < -0.39 is 0 Å². The molecule has 3 aromatic carbocycles. The summed E-state index contributed by atoms with van der Waals surface area (Å²) in [6, 6.07) is 27.7. The van der Waals surface area contributed by atoms with Gasteiger partial charge in [-0.2, -0.15) is 0 Å². The molecule has 0 radical (unpaired) electrons. The minimum Gasteiger partial charge on any atom is -0.484 e. The van der Waals surface area contributed by atoms with Gasteiger partial charge in [-0.25, -0.2) is 0 Å². The second-order valence-corrected chi connectivity index (χ2v) is 6.62. The van der Waals surface area contributed by atoms with E-state index in [1.54, 1.807) is 11.0 Å². The van der Waals surface area contributed by atoms with E-state index in [0.29, 0.717) is 5.75 Å². The summed E-state index contributed by atoms with van der Waals surface area (Å²) in [5.74, 6) is 0.444. The highest BCUT2D eigenvalue weighted by Crippen LogP contribution is 2.21. The average Bonchev–Trinajstić information content (AvgIpc) is 2.77. The van der Waals surface area contributed by atoms with Crippen LogP contribution in [0.3, 0.4) is 0 Å². The van der Waals surface area contributed by atoms with Crippen LogP contribution in [0.2, 0.25) is 0 Å². The smallest absolute Gasteiger partial charge is 0.265 e. The molecule has 29 heavy (non-hydrogen) atoms. The summed E-state index contributed by atoms with van der Waals surface area (Å²) in [6.07, 6.45) is 0. The van der Waals surface area contributed by atoms with Crippen molar-refractivity contribution in [1.82, 2.24) is 4.98 Å². The molecule has 4 rings (SSSR count). The van der Waals surface area contributed by atoms with Crippen LogP contribution >= 0.6 is 0 Å². The van der Waals surface area contributed by atoms with E-state index in [1.165, 1.54) is 0 Å². The summed E-state index contributed by atoms with van der Waals surface area (Å²) < 4.78 is 5.66. The number of hydrogen-bond donors (Lipinski definition) is 1. The maximum Gasteiger partial charge on any atom is 0.265 e. The van der Waals surface area contributed by atoms with Crippen LogP contribution in [0.25, 0.3) is 10.9 Å². The predicted molar refractivity (Wildman–Crippen MR) is 114 cm³/mol. The molecule has 1 amide bonds. The largest absolute Gasteiger partial charge is 0.484 e. The lowest BCUT2D eigenvalue weighted by molar-refractivity contribution is -0.120. The first-order valence-corrected chi connectivity index (χ1v) is 9.35. The Morgan fingerprint density at radius 1 is 0.862 bits per heavy atom. The molecule has 0 unspecified atom stereocenters. The Morgan fingerprint density at radius 2 is 1.52 bits per heavy atom. The molecular weight excluding hydrogens is 364 g/mol. The summed E-state index contributed by atoms with van der Waals surface area (Å²) in [6.45, 7) is 0.172. The van der Waals surface area contributed by atoms with Crippen molar-refractivity contribution in [3.63, 3.8) is 0 Å². The van der Waals surface area contributed by atoms with Crippen molar-refractivity contribution in [2.24, 2.45) is 0 Å². The number of pyridine rings is 1. The van der Waals surface area contributed by atoms with Gasteiger partial charge in [0.15, 0.2) is 6.61 Å². The first kappa shape index (κ1) is 18.5. The van der Waals surface area contributed by atoms with Crippen molar-refractivity contribution in [2.45, 2.75) is 6.54 Å². The number of H-pyrrole nitrogens is 1. The third kappa shape index (κ3) is 4.35. The Hall–Kier alpha value is -3.86. The van der Waals surface area contributed by atoms with Gasteiger partial charge in [-0.3, -0.25) is 9.59 Å². The van der Waals surface area contributed by atoms with Crippen LogP contribution in [0.15, 0.2) is 95.8 Å². The molecule has 0 bridgehead atoms. The molecular formula is C24H20N2O3. The standard InChI is InChI=1S/C24H20N2O3/c27-23-15-18(21-13-7-8-14-22(21)25-23)16-26(19-9-3-1-4-10-19)24(28)17-29-20-11-5-2-6-12-20/h1-15H,16-17H2,(H,25,27). The second kappa shape index (κ2) is 8.44. The van der Waals surface area contributed by atoms with Gasteiger partial charge in [-0.1, -0.05) is 54.6 Å². The highest BCUT2D eigenvalue weighted by atomic mass is 16.5. The zero-order chi connectivity index (χ0) is 20.1. The molecule has 0 fully saturated rings. The SMILES string of the molecule is O=C(COc1ccccc1)N(Cc1cc(=O)[nH]c2ccccc12)c1ccccc1. The molecule has 0 atom stereocenters. The molecule has 0 saturated carbocycles. The average molecular weight is 384 g/mol. The zero-order valence-corrected chi connectivity index (χ0v) is 15.7. The van der Waals surface area contributed by atoms with Crippen LogP contribution < -0.4 is 15.2 Å². The third-order valence-electron chi connectivity index (χ3n) is 4.64. The number of carbonyl (C=O) groups excluding carboxylic acids is 1. The number of rotatable bonds is 6. The molecule has 1 N–H and O–H groups in total. The summed E-state index contributed by atoms with van der Waals surface area (Å²) >= 11 is 0. The first-order chi connectivity index (χ1) is 14.2. The number of benzene rings is 3. The third-order valence-corrected chi connectivity index (χ3v) is 4.64. The molecule has 0 aliphatic carbocycles. The van der Waals surface area contributed by atoms with Crippen LogP contribution in [-0.2, 0) is 11.3 Å². The molecule has 0 spiro atoms. The lowest BCUT2D eigenvalue weighted by atomic mass is 10.1. The number of aromatic nitrogens is 1. The first-order valence-electron chi connectivity index (χ1n) is 9.35. The van der Waals surface area contributed by atoms with Gasteiger partial charge in [-0.15, -0.1) is 0 Å². The lowest BCUT2D eigenvalue weighted by Crippen LogP contribution is -2.35. The Balaban J connectivity index is 1.65. The quantitative estimate of drug-likeness (QED) is 0.543. The fraction of sp³-hybridized carbons (Fsp3) is 0.0833. The van der Waals surface area contributed by atoms with E-state index in [-0.39, 0.29) is 24.6 Å². The van der Waals surface area contributed by atoms with Crippen LogP contribution in [0.1, 0.15) is 5.56 Å². The molecule has 0 saturated heterocycles. The topological polar surface area (TPSA) is 62.4 Å². The number of aromatic amines is 1. The number of nitrogens with zero attached hydrogens (tertiary/aromatic N) is 1. The second-order valence-electron chi connectivity index (χ2n) is 6.62. The van der Waals surface area contributed by atoms with Gasteiger partial charge in [0.1, 0.15) is 5.75 Å². The Bertz CT molecular complexity index is 1170. The number of fused-ring (bicyclic) bond motifs is 1. The van der Waals surface area contributed by atoms with E-state index in [9.17, 15) is 9.59 Å². The molecule has 5 nitrogen and oxygen atoms in total. The highest BCUT2D eigenvalue weighted by Gasteiger charge is 2.18. The van der Waals surface area contributed by atoms with Crippen LogP contribution in [-0.4, -0.2) is 17.5 Å². The van der Waals surface area contributed by atoms with Crippen molar-refractivity contribution in [1.29, 1.82) is 0 Å². The number of anilines is 1. The zero-order valence-electron chi connectivity index (χ0n) is 15.7. The molecule has 5 heteroatoms. The highest BCUT2D eigenvalue weighted by molar-refractivity contribution is 5.95. The van der Waals surface area contributed by atoms with Gasteiger partial charge >= 0.3 is 0 Å². The van der Waals surface area contributed by atoms with E-state index in [1.807, 2.05) is 84.9 Å². The van der Waals surface area contributed by atoms with Gasteiger partial charge < -0.3 is 14.6 Å². The van der Waals surface area contributed by atoms with E-state index in [4.69, 9.17) is 4.74 Å². The monoisotopic (exact) mass is 384 g/mol. The summed E-state index contributed by atoms with van der Waals surface area (Å²) in [5.41, 5.74) is 2.08. The van der Waals surface area contributed by atoms with Crippen molar-refractivity contribution < 1.29 is 9.53 Å². The van der Waals surface area contributed by atoms with Crippen LogP contribution in [0.4, 0.5) is 5.69 Å². The molecule has 0 aliphatic rings. The Kier molecular flexibility index (Phi) is 5.38. The minimum atomic E-state index is -0.195. The summed E-state index contributed by atoms with van der Waals surface area (Å²) in [4.78, 5) is 29.7. The maximum absolute atomic E-state index is 13.1. The van der Waals surface area contributed by atoms with E-state index >= 15 is 0 Å². The normalized spacial score (nSPS) is 10.6. The maximum atomic E-state index is 13.1. The number of amides is 1. The minimum absolute atomic E-state index is 0.0972. The van der Waals surface area contributed by atoms with Crippen LogP contribution in [0.5, 0.6) is 5.75 Å². The number of para-hydroxylation sites is 3. The molecule has 0 aliphatic heterocycles. The van der Waals surface area contributed by atoms with Crippen LogP contribution in [0, 0.1) is 0 Å². The number of nitrogens with one attached hydrogen (secondary N) is 1. The van der Waals surface area contributed by atoms with Crippen molar-refractivity contribution in [2.75, 3.05) is 11.5 Å². The van der Waals surface area contributed by atoms with E-state index in [0.717, 1.165) is 22.2 Å². The van der Waals surface area contributed by atoms with Crippen molar-refractivity contribution >= 4 is 22.5 Å². The molecule has 1 aromatic heterocycles. The Morgan fingerprint density at radius 3 is 2.28 bits per heavy atom. The van der Waals surface area contributed by atoms with Gasteiger partial charge in [0.2, 0.25) is 5.56 Å². The fourth-order valence-corrected chi connectivity index (χ4v) is 3.25. The molecule has 4 aromatic rings. The van der Waals surface area contributed by atoms with Crippen molar-refractivity contribution in [3.8, 4) is 5.75 Å². The van der Waals surface area contributed by atoms with Gasteiger partial charge in [0.25, 0.3) is 5.91 Å². The fourth-order valence-electron chi connectivity index (χ4n) is 3.25. The summed E-state index contributed by atoms with van der Waals surface area (Å²) in [7, 11) is 0. The number of hydrogen-bond acceptors (Lipinski definition) is 3. The molecule has 144 valence electrons. The predicted octanol–water partition coefficient (Wildman–Crippen LogP) is 4.14. The summed E-state index contributed by atoms with van der Waals surface area (Å²) in [5, 5.41) is 0.907.